The van der Waals surface area contributed by atoms with Gasteiger partial charge in [-0.25, -0.2) is 0 Å². The Morgan fingerprint density at radius 2 is 2.41 bits per heavy atom. The molecule has 0 bridgehead atoms. The summed E-state index contributed by atoms with van der Waals surface area (Å²) in [6.45, 7) is 6.58. The lowest BCUT2D eigenvalue weighted by molar-refractivity contribution is 0.147. The van der Waals surface area contributed by atoms with Crippen LogP contribution in [0.3, 0.4) is 0 Å². The van der Waals surface area contributed by atoms with Crippen LogP contribution in [0.2, 0.25) is 0 Å². The van der Waals surface area contributed by atoms with Gasteiger partial charge in [0.2, 0.25) is 0 Å². The molecular weight excluding hydrogens is 232 g/mol. The summed E-state index contributed by atoms with van der Waals surface area (Å²) in [5.74, 6) is 0. The van der Waals surface area contributed by atoms with Crippen molar-refractivity contribution in [1.29, 1.82) is 0 Å². The molecule has 0 aliphatic carbocycles. The Bertz CT molecular complexity index is 469. The molecule has 0 saturated heterocycles. The molecule has 2 rings (SSSR count). The van der Waals surface area contributed by atoms with Crippen molar-refractivity contribution in [2.75, 3.05) is 19.8 Å². The van der Waals surface area contributed by atoms with E-state index in [0.29, 0.717) is 6.04 Å². The van der Waals surface area contributed by atoms with E-state index in [-0.39, 0.29) is 0 Å². The number of pyridine rings is 1. The van der Waals surface area contributed by atoms with Crippen molar-refractivity contribution in [3.05, 3.63) is 29.3 Å². The van der Waals surface area contributed by atoms with E-state index in [4.69, 9.17) is 4.74 Å². The van der Waals surface area contributed by atoms with Crippen LogP contribution in [0, 0.1) is 0 Å². The number of nitrogens with one attached hydrogen (secondary N) is 1. The van der Waals surface area contributed by atoms with Gasteiger partial charge in [-0.15, -0.1) is 11.3 Å². The van der Waals surface area contributed by atoms with Gasteiger partial charge in [0.05, 0.1) is 16.8 Å². The average Bonchev–Trinajstić information content (AvgIpc) is 2.81. The number of thiophene rings is 1. The molecule has 0 aliphatic rings. The summed E-state index contributed by atoms with van der Waals surface area (Å²) < 4.78 is 6.55. The fraction of sp³-hybridized carbons (Fsp3) is 0.462. The van der Waals surface area contributed by atoms with Crippen molar-refractivity contribution >= 4 is 21.6 Å². The predicted octanol–water partition coefficient (Wildman–Crippen LogP) is 2.98. The van der Waals surface area contributed by atoms with Gasteiger partial charge in [0.15, 0.2) is 0 Å². The number of hydrogen-bond donors (Lipinski definition) is 1. The molecule has 0 spiro atoms. The van der Waals surface area contributed by atoms with E-state index in [1.165, 1.54) is 10.3 Å². The third-order valence-electron chi connectivity index (χ3n) is 2.72. The molecular formula is C13H18N2OS. The zero-order chi connectivity index (χ0) is 12.1. The molecule has 1 unspecified atom stereocenters. The minimum atomic E-state index is 0.314. The third kappa shape index (κ3) is 3.25. The molecule has 2 aromatic rings. The second-order valence-corrected chi connectivity index (χ2v) is 4.89. The van der Waals surface area contributed by atoms with Crippen LogP contribution in [0.1, 0.15) is 25.5 Å². The fourth-order valence-corrected chi connectivity index (χ4v) is 2.50. The number of nitrogens with zero attached hydrogens (tertiary/aromatic N) is 1. The van der Waals surface area contributed by atoms with E-state index >= 15 is 0 Å². The highest BCUT2D eigenvalue weighted by Crippen LogP contribution is 2.22. The zero-order valence-corrected chi connectivity index (χ0v) is 11.1. The summed E-state index contributed by atoms with van der Waals surface area (Å²) in [6, 6.07) is 4.58. The van der Waals surface area contributed by atoms with Crippen LogP contribution in [0.4, 0.5) is 0 Å². The van der Waals surface area contributed by atoms with Crippen LogP contribution < -0.4 is 5.32 Å². The monoisotopic (exact) mass is 250 g/mol. The van der Waals surface area contributed by atoms with Crippen molar-refractivity contribution in [1.82, 2.24) is 10.3 Å². The molecule has 0 amide bonds. The van der Waals surface area contributed by atoms with E-state index in [1.807, 2.05) is 13.1 Å². The van der Waals surface area contributed by atoms with Crippen molar-refractivity contribution in [3.8, 4) is 0 Å². The predicted molar refractivity (Wildman–Crippen MR) is 72.5 cm³/mol. The van der Waals surface area contributed by atoms with Crippen LogP contribution in [0.5, 0.6) is 0 Å². The lowest BCUT2D eigenvalue weighted by atomic mass is 10.1. The van der Waals surface area contributed by atoms with Crippen molar-refractivity contribution in [3.63, 3.8) is 0 Å². The van der Waals surface area contributed by atoms with Crippen LogP contribution in [0.15, 0.2) is 23.7 Å². The van der Waals surface area contributed by atoms with Crippen molar-refractivity contribution < 1.29 is 4.74 Å². The topological polar surface area (TPSA) is 34.1 Å². The Labute approximate surface area is 106 Å². The zero-order valence-electron chi connectivity index (χ0n) is 10.3. The Morgan fingerprint density at radius 3 is 3.24 bits per heavy atom. The first-order chi connectivity index (χ1) is 8.31. The SMILES string of the molecule is CCOCCNC(C)c1cnc2ccsc2c1. The Hall–Kier alpha value is -0.970. The van der Waals surface area contributed by atoms with E-state index in [0.717, 1.165) is 25.3 Å². The summed E-state index contributed by atoms with van der Waals surface area (Å²) in [5, 5.41) is 5.51. The van der Waals surface area contributed by atoms with Gasteiger partial charge in [0, 0.05) is 25.4 Å². The maximum atomic E-state index is 5.30. The van der Waals surface area contributed by atoms with Crippen LogP contribution in [-0.2, 0) is 4.74 Å². The van der Waals surface area contributed by atoms with Crippen LogP contribution in [0.25, 0.3) is 10.2 Å². The normalized spacial score (nSPS) is 13.1. The van der Waals surface area contributed by atoms with Gasteiger partial charge in [-0.05, 0) is 36.9 Å². The Balaban J connectivity index is 1.95. The molecule has 92 valence electrons. The van der Waals surface area contributed by atoms with Gasteiger partial charge in [-0.3, -0.25) is 4.98 Å². The van der Waals surface area contributed by atoms with E-state index in [9.17, 15) is 0 Å². The lowest BCUT2D eigenvalue weighted by Crippen LogP contribution is -2.23. The lowest BCUT2D eigenvalue weighted by Gasteiger charge is -2.13. The molecule has 0 aromatic carbocycles. The largest absolute Gasteiger partial charge is 0.380 e. The summed E-state index contributed by atoms with van der Waals surface area (Å²) in [6.07, 6.45) is 1.95. The number of fused-ring (bicyclic) bond motifs is 1. The molecule has 17 heavy (non-hydrogen) atoms. The molecule has 4 heteroatoms. The van der Waals surface area contributed by atoms with Crippen molar-refractivity contribution in [2.45, 2.75) is 19.9 Å². The average molecular weight is 250 g/mol. The first-order valence-corrected chi connectivity index (χ1v) is 6.83. The number of rotatable bonds is 6. The molecule has 1 atom stereocenters. The molecule has 0 radical (unpaired) electrons. The number of ether oxygens (including phenoxy) is 1. The standard InChI is InChI=1S/C13H18N2OS/c1-3-16-6-5-14-10(2)11-8-13-12(15-9-11)4-7-17-13/h4,7-10,14H,3,5-6H2,1-2H3. The molecule has 2 heterocycles. The minimum Gasteiger partial charge on any atom is -0.380 e. The Kier molecular flexibility index (Phi) is 4.48. The summed E-state index contributed by atoms with van der Waals surface area (Å²) in [7, 11) is 0. The maximum absolute atomic E-state index is 5.30. The third-order valence-corrected chi connectivity index (χ3v) is 3.58. The second kappa shape index (κ2) is 6.10. The molecule has 2 aromatic heterocycles. The van der Waals surface area contributed by atoms with E-state index in [2.05, 4.69) is 34.7 Å². The first-order valence-electron chi connectivity index (χ1n) is 5.95. The van der Waals surface area contributed by atoms with E-state index < -0.39 is 0 Å². The minimum absolute atomic E-state index is 0.314. The highest BCUT2D eigenvalue weighted by Gasteiger charge is 2.06. The molecule has 0 fully saturated rings. The quantitative estimate of drug-likeness (QED) is 0.800. The molecule has 3 nitrogen and oxygen atoms in total. The van der Waals surface area contributed by atoms with Gasteiger partial charge in [0.25, 0.3) is 0 Å². The summed E-state index contributed by atoms with van der Waals surface area (Å²) >= 11 is 1.74. The van der Waals surface area contributed by atoms with Gasteiger partial charge in [0.1, 0.15) is 0 Å². The fourth-order valence-electron chi connectivity index (χ4n) is 1.71. The van der Waals surface area contributed by atoms with E-state index in [1.54, 1.807) is 11.3 Å². The van der Waals surface area contributed by atoms with Crippen molar-refractivity contribution in [2.24, 2.45) is 0 Å². The number of aromatic nitrogens is 1. The summed E-state index contributed by atoms with van der Waals surface area (Å²) in [4.78, 5) is 4.45. The first kappa shape index (κ1) is 12.5. The maximum Gasteiger partial charge on any atom is 0.0809 e. The summed E-state index contributed by atoms with van der Waals surface area (Å²) in [5.41, 5.74) is 2.32. The number of hydrogen-bond acceptors (Lipinski definition) is 4. The van der Waals surface area contributed by atoms with Gasteiger partial charge in [-0.2, -0.15) is 0 Å². The Morgan fingerprint density at radius 1 is 1.53 bits per heavy atom. The van der Waals surface area contributed by atoms with Gasteiger partial charge >= 0.3 is 0 Å². The highest BCUT2D eigenvalue weighted by molar-refractivity contribution is 7.17. The van der Waals surface area contributed by atoms with Crippen LogP contribution >= 0.6 is 11.3 Å². The molecule has 0 aliphatic heterocycles. The highest BCUT2D eigenvalue weighted by atomic mass is 32.1. The van der Waals surface area contributed by atoms with Gasteiger partial charge in [-0.1, -0.05) is 0 Å². The second-order valence-electron chi connectivity index (χ2n) is 3.95. The molecule has 1 N–H and O–H groups in total. The smallest absolute Gasteiger partial charge is 0.0809 e. The van der Waals surface area contributed by atoms with Gasteiger partial charge < -0.3 is 10.1 Å². The molecule has 0 saturated carbocycles. The van der Waals surface area contributed by atoms with Crippen LogP contribution in [-0.4, -0.2) is 24.7 Å².